The van der Waals surface area contributed by atoms with Crippen molar-refractivity contribution in [3.8, 4) is 22.8 Å². The summed E-state index contributed by atoms with van der Waals surface area (Å²) in [6, 6.07) is 14.0. The first-order valence-corrected chi connectivity index (χ1v) is 10.2. The lowest BCUT2D eigenvalue weighted by Gasteiger charge is -2.15. The van der Waals surface area contributed by atoms with E-state index in [-0.39, 0.29) is 5.75 Å². The van der Waals surface area contributed by atoms with E-state index in [1.165, 1.54) is 30.9 Å². The Morgan fingerprint density at radius 1 is 1.07 bits per heavy atom. The van der Waals surface area contributed by atoms with E-state index in [9.17, 15) is 13.2 Å². The predicted octanol–water partition coefficient (Wildman–Crippen LogP) is 5.12. The van der Waals surface area contributed by atoms with Gasteiger partial charge >= 0.3 is 6.36 Å². The largest absolute Gasteiger partial charge is 0.573 e. The Morgan fingerprint density at radius 2 is 1.83 bits per heavy atom. The average Bonchev–Trinajstić information content (AvgIpc) is 2.71. The van der Waals surface area contributed by atoms with Gasteiger partial charge in [-0.2, -0.15) is 0 Å². The molecule has 0 radical (unpaired) electrons. The first kappa shape index (κ1) is 21.1. The second-order valence-electron chi connectivity index (χ2n) is 6.15. The van der Waals surface area contributed by atoms with Crippen molar-refractivity contribution >= 4 is 14.0 Å². The molecule has 29 heavy (non-hydrogen) atoms. The maximum Gasteiger partial charge on any atom is 0.573 e. The van der Waals surface area contributed by atoms with Gasteiger partial charge < -0.3 is 9.47 Å². The molecule has 0 bridgehead atoms. The fraction of sp³-hybridized carbons (Fsp3) is 0.238. The molecule has 152 valence electrons. The number of benzene rings is 2. The van der Waals surface area contributed by atoms with Crippen molar-refractivity contribution in [1.82, 2.24) is 9.97 Å². The predicted molar refractivity (Wildman–Crippen MR) is 108 cm³/mol. The summed E-state index contributed by atoms with van der Waals surface area (Å²) < 4.78 is 47.2. The van der Waals surface area contributed by atoms with E-state index >= 15 is 0 Å². The van der Waals surface area contributed by atoms with Crippen LogP contribution in [0.3, 0.4) is 0 Å². The van der Waals surface area contributed by atoms with E-state index in [0.29, 0.717) is 37.7 Å². The molecule has 0 amide bonds. The number of halogens is 3. The summed E-state index contributed by atoms with van der Waals surface area (Å²) in [7, 11) is 1.90. The zero-order valence-electron chi connectivity index (χ0n) is 16.0. The molecule has 0 N–H and O–H groups in total. The Labute approximate surface area is 168 Å². The van der Waals surface area contributed by atoms with Crippen LogP contribution < -0.4 is 14.9 Å². The molecule has 0 fully saturated rings. The first-order valence-electron chi connectivity index (χ1n) is 8.97. The van der Waals surface area contributed by atoms with Crippen LogP contribution in [0, 0.1) is 0 Å². The second-order valence-corrected chi connectivity index (χ2v) is 7.37. The molecule has 0 saturated carbocycles. The molecule has 4 nitrogen and oxygen atoms in total. The maximum atomic E-state index is 12.6. The monoisotopic (exact) mass is 420 g/mol. The Hall–Kier alpha value is -2.66. The molecule has 0 aliphatic rings. The zero-order valence-corrected chi connectivity index (χ0v) is 17.0. The molecule has 0 aliphatic heterocycles. The van der Waals surface area contributed by atoms with Gasteiger partial charge in [0.15, 0.2) is 0 Å². The van der Waals surface area contributed by atoms with E-state index in [2.05, 4.69) is 21.9 Å². The third kappa shape index (κ3) is 5.67. The highest BCUT2D eigenvalue weighted by Crippen LogP contribution is 2.35. The number of aryl methyl sites for hydroxylation is 1. The normalized spacial score (nSPS) is 11.8. The summed E-state index contributed by atoms with van der Waals surface area (Å²) in [5.74, 6) is 0.0789. The minimum atomic E-state index is -4.77. The summed E-state index contributed by atoms with van der Waals surface area (Å²) in [5.41, 5.74) is 3.68. The van der Waals surface area contributed by atoms with Gasteiger partial charge in [0.1, 0.15) is 11.5 Å². The van der Waals surface area contributed by atoms with Gasteiger partial charge in [-0.1, -0.05) is 45.8 Å². The topological polar surface area (TPSA) is 44.2 Å². The average molecular weight is 420 g/mol. The van der Waals surface area contributed by atoms with Gasteiger partial charge in [-0.05, 0) is 36.3 Å². The third-order valence-electron chi connectivity index (χ3n) is 4.16. The lowest BCUT2D eigenvalue weighted by Crippen LogP contribution is -2.17. The summed E-state index contributed by atoms with van der Waals surface area (Å²) in [6.45, 7) is 1.93. The molecule has 0 spiro atoms. The van der Waals surface area contributed by atoms with Crippen LogP contribution in [0.25, 0.3) is 11.3 Å². The number of methoxy groups -OCH3 is 1. The molecular formula is C21H20F3N2O2P. The SMILES string of the molecule is CCc1nc(PCc2ccccc2)cnc1-c1cc(OC(F)(F)F)ccc1OC. The van der Waals surface area contributed by atoms with Crippen molar-refractivity contribution in [3.05, 3.63) is 66.0 Å². The van der Waals surface area contributed by atoms with Gasteiger partial charge in [0.2, 0.25) is 0 Å². The quantitative estimate of drug-likeness (QED) is 0.498. The summed E-state index contributed by atoms with van der Waals surface area (Å²) >= 11 is 0. The third-order valence-corrected chi connectivity index (χ3v) is 5.34. The van der Waals surface area contributed by atoms with Crippen LogP contribution >= 0.6 is 8.58 Å². The van der Waals surface area contributed by atoms with Crippen molar-refractivity contribution in [3.63, 3.8) is 0 Å². The van der Waals surface area contributed by atoms with Crippen molar-refractivity contribution in [2.75, 3.05) is 7.11 Å². The van der Waals surface area contributed by atoms with E-state index in [4.69, 9.17) is 9.72 Å². The number of alkyl halides is 3. The van der Waals surface area contributed by atoms with Crippen LogP contribution in [-0.4, -0.2) is 23.4 Å². The van der Waals surface area contributed by atoms with Crippen LogP contribution in [-0.2, 0) is 12.6 Å². The molecule has 1 unspecified atom stereocenters. The minimum Gasteiger partial charge on any atom is -0.496 e. The minimum absolute atomic E-state index is 0.327. The number of nitrogens with zero attached hydrogens (tertiary/aromatic N) is 2. The smallest absolute Gasteiger partial charge is 0.496 e. The van der Waals surface area contributed by atoms with Crippen LogP contribution in [0.1, 0.15) is 18.2 Å². The molecular weight excluding hydrogens is 400 g/mol. The van der Waals surface area contributed by atoms with Crippen molar-refractivity contribution in [1.29, 1.82) is 0 Å². The summed E-state index contributed by atoms with van der Waals surface area (Å²) in [4.78, 5) is 9.20. The molecule has 1 atom stereocenters. The first-order chi connectivity index (χ1) is 13.9. The molecule has 3 aromatic rings. The Morgan fingerprint density at radius 3 is 2.48 bits per heavy atom. The molecule has 2 aromatic carbocycles. The van der Waals surface area contributed by atoms with Gasteiger partial charge in [-0.15, -0.1) is 13.2 Å². The Kier molecular flexibility index (Phi) is 6.70. The van der Waals surface area contributed by atoms with Crippen LogP contribution in [0.15, 0.2) is 54.7 Å². The highest BCUT2D eigenvalue weighted by Gasteiger charge is 2.31. The highest BCUT2D eigenvalue weighted by atomic mass is 31.1. The van der Waals surface area contributed by atoms with Crippen LogP contribution in [0.5, 0.6) is 11.5 Å². The molecule has 1 aromatic heterocycles. The maximum absolute atomic E-state index is 12.6. The van der Waals surface area contributed by atoms with E-state index in [1.54, 1.807) is 6.20 Å². The highest BCUT2D eigenvalue weighted by molar-refractivity contribution is 7.46. The van der Waals surface area contributed by atoms with Gasteiger partial charge in [0.25, 0.3) is 0 Å². The molecule has 0 aliphatic carbocycles. The van der Waals surface area contributed by atoms with Gasteiger partial charge in [0.05, 0.1) is 30.1 Å². The van der Waals surface area contributed by atoms with Crippen LogP contribution in [0.2, 0.25) is 0 Å². The summed E-state index contributed by atoms with van der Waals surface area (Å²) in [5, 5.41) is 0. The van der Waals surface area contributed by atoms with Gasteiger partial charge in [-0.3, -0.25) is 4.98 Å². The lowest BCUT2D eigenvalue weighted by atomic mass is 10.1. The van der Waals surface area contributed by atoms with E-state index in [0.717, 1.165) is 11.6 Å². The number of hydrogen-bond acceptors (Lipinski definition) is 4. The molecule has 3 rings (SSSR count). The van der Waals surface area contributed by atoms with Crippen LogP contribution in [0.4, 0.5) is 13.2 Å². The lowest BCUT2D eigenvalue weighted by molar-refractivity contribution is -0.274. The van der Waals surface area contributed by atoms with Crippen molar-refractivity contribution < 1.29 is 22.6 Å². The van der Waals surface area contributed by atoms with Crippen molar-refractivity contribution in [2.24, 2.45) is 0 Å². The zero-order chi connectivity index (χ0) is 20.9. The number of ether oxygens (including phenoxy) is 2. The second kappa shape index (κ2) is 9.23. The number of aromatic nitrogens is 2. The number of rotatable bonds is 7. The molecule has 1 heterocycles. The van der Waals surface area contributed by atoms with E-state index in [1.807, 2.05) is 25.1 Å². The fourth-order valence-corrected chi connectivity index (χ4v) is 3.83. The summed E-state index contributed by atoms with van der Waals surface area (Å²) in [6.07, 6.45) is -1.66. The Bertz CT molecular complexity index is 966. The van der Waals surface area contributed by atoms with E-state index < -0.39 is 6.36 Å². The molecule has 8 heteroatoms. The molecule has 0 saturated heterocycles. The standard InChI is InChI=1S/C21H20F3N2O2P/c1-3-17-20(16-11-15(28-21(22,23)24)9-10-18(16)27-2)25-12-19(26-17)29-13-14-7-5-4-6-8-14/h4-12,29H,3,13H2,1-2H3. The van der Waals surface area contributed by atoms with Gasteiger partial charge in [-0.25, -0.2) is 4.98 Å². The Balaban J connectivity index is 1.90. The number of hydrogen-bond donors (Lipinski definition) is 0. The van der Waals surface area contributed by atoms with Gasteiger partial charge in [0, 0.05) is 5.56 Å². The van der Waals surface area contributed by atoms with Crippen molar-refractivity contribution in [2.45, 2.75) is 25.9 Å². The fourth-order valence-electron chi connectivity index (χ4n) is 2.84.